The molecule has 116 valence electrons. The molecule has 2 rings (SSSR count). The maximum absolute atomic E-state index is 12.0. The molecule has 1 N–H and O–H groups in total. The Bertz CT molecular complexity index is 438. The van der Waals surface area contributed by atoms with Crippen LogP contribution in [0.15, 0.2) is 30.3 Å². The van der Waals surface area contributed by atoms with E-state index in [2.05, 4.69) is 11.6 Å². The zero-order chi connectivity index (χ0) is 15.1. The number of ether oxygens (including phenoxy) is 1. The third-order valence-corrected chi connectivity index (χ3v) is 5.35. The van der Waals surface area contributed by atoms with E-state index < -0.39 is 0 Å². The molecule has 0 spiro atoms. The van der Waals surface area contributed by atoms with Crippen LogP contribution in [0.2, 0.25) is 0 Å². The lowest BCUT2D eigenvalue weighted by atomic mass is 9.93. The summed E-state index contributed by atoms with van der Waals surface area (Å²) in [6.07, 6.45) is 7.19. The summed E-state index contributed by atoms with van der Waals surface area (Å²) >= 11 is 1.96. The first kappa shape index (κ1) is 16.4. The van der Waals surface area contributed by atoms with E-state index in [1.807, 2.05) is 42.1 Å². The molecule has 0 saturated heterocycles. The number of benzene rings is 1. The Balaban J connectivity index is 1.95. The standard InChI is InChI=1S/C17H25NO2S/c1-20-17(19)16(13-7-4-3-5-8-13)12-18-14-9-6-10-15(11-14)21-2/h3-5,7-8,14-16,18H,6,9-12H2,1-2H3. The van der Waals surface area contributed by atoms with Crippen molar-refractivity contribution in [3.8, 4) is 0 Å². The van der Waals surface area contributed by atoms with E-state index in [4.69, 9.17) is 4.74 Å². The number of esters is 1. The quantitative estimate of drug-likeness (QED) is 0.819. The molecule has 0 heterocycles. The summed E-state index contributed by atoms with van der Waals surface area (Å²) in [4.78, 5) is 12.0. The van der Waals surface area contributed by atoms with Crippen molar-refractivity contribution in [2.75, 3.05) is 19.9 Å². The molecule has 1 aromatic carbocycles. The number of thioether (sulfide) groups is 1. The largest absolute Gasteiger partial charge is 0.469 e. The van der Waals surface area contributed by atoms with Gasteiger partial charge in [-0.05, 0) is 31.1 Å². The Morgan fingerprint density at radius 3 is 2.81 bits per heavy atom. The normalized spacial score (nSPS) is 23.5. The summed E-state index contributed by atoms with van der Waals surface area (Å²) in [7, 11) is 1.46. The van der Waals surface area contributed by atoms with Gasteiger partial charge in [-0.1, -0.05) is 36.8 Å². The smallest absolute Gasteiger partial charge is 0.314 e. The number of carbonyl (C=O) groups is 1. The van der Waals surface area contributed by atoms with Gasteiger partial charge in [0.25, 0.3) is 0 Å². The van der Waals surface area contributed by atoms with Crippen LogP contribution in [0, 0.1) is 0 Å². The molecule has 0 aromatic heterocycles. The van der Waals surface area contributed by atoms with Crippen LogP contribution < -0.4 is 5.32 Å². The number of hydrogen-bond donors (Lipinski definition) is 1. The van der Waals surface area contributed by atoms with Crippen LogP contribution in [-0.4, -0.2) is 37.2 Å². The van der Waals surface area contributed by atoms with E-state index in [-0.39, 0.29) is 11.9 Å². The van der Waals surface area contributed by atoms with Crippen molar-refractivity contribution in [1.29, 1.82) is 0 Å². The Kier molecular flexibility index (Phi) is 6.58. The Hall–Kier alpha value is -1.00. The molecule has 0 radical (unpaired) electrons. The lowest BCUT2D eigenvalue weighted by molar-refractivity contribution is -0.142. The topological polar surface area (TPSA) is 38.3 Å². The number of nitrogens with one attached hydrogen (secondary N) is 1. The molecule has 1 aliphatic carbocycles. The van der Waals surface area contributed by atoms with Crippen molar-refractivity contribution in [3.05, 3.63) is 35.9 Å². The fraction of sp³-hybridized carbons (Fsp3) is 0.588. The fourth-order valence-electron chi connectivity index (χ4n) is 2.99. The molecule has 21 heavy (non-hydrogen) atoms. The average Bonchev–Trinajstić information content (AvgIpc) is 2.56. The van der Waals surface area contributed by atoms with E-state index in [1.54, 1.807) is 0 Å². The second-order valence-corrected chi connectivity index (χ2v) is 6.75. The van der Waals surface area contributed by atoms with Gasteiger partial charge in [0.05, 0.1) is 13.0 Å². The average molecular weight is 307 g/mol. The lowest BCUT2D eigenvalue weighted by Gasteiger charge is -2.30. The van der Waals surface area contributed by atoms with Gasteiger partial charge < -0.3 is 10.1 Å². The van der Waals surface area contributed by atoms with Crippen LogP contribution in [0.3, 0.4) is 0 Å². The molecule has 0 bridgehead atoms. The van der Waals surface area contributed by atoms with Crippen LogP contribution in [0.5, 0.6) is 0 Å². The minimum atomic E-state index is -0.217. The Labute approximate surface area is 131 Å². The third-order valence-electron chi connectivity index (χ3n) is 4.26. The van der Waals surface area contributed by atoms with Gasteiger partial charge in [0, 0.05) is 17.8 Å². The van der Waals surface area contributed by atoms with Gasteiger partial charge in [0.1, 0.15) is 0 Å². The Morgan fingerprint density at radius 1 is 1.38 bits per heavy atom. The van der Waals surface area contributed by atoms with Crippen molar-refractivity contribution in [2.45, 2.75) is 42.9 Å². The molecular weight excluding hydrogens is 282 g/mol. The SMILES string of the molecule is COC(=O)C(CNC1CCCC(SC)C1)c1ccccc1. The van der Waals surface area contributed by atoms with E-state index in [1.165, 1.54) is 32.8 Å². The molecule has 3 atom stereocenters. The second-order valence-electron chi connectivity index (χ2n) is 5.62. The number of carbonyl (C=O) groups excluding carboxylic acids is 1. The first-order valence-corrected chi connectivity index (χ1v) is 8.92. The fourth-order valence-corrected chi connectivity index (χ4v) is 3.82. The van der Waals surface area contributed by atoms with Gasteiger partial charge in [-0.25, -0.2) is 0 Å². The van der Waals surface area contributed by atoms with Gasteiger partial charge in [0.2, 0.25) is 0 Å². The van der Waals surface area contributed by atoms with Gasteiger partial charge >= 0.3 is 5.97 Å². The number of hydrogen-bond acceptors (Lipinski definition) is 4. The van der Waals surface area contributed by atoms with Crippen LogP contribution in [0.1, 0.15) is 37.2 Å². The molecule has 1 aromatic rings. The minimum absolute atomic E-state index is 0.161. The summed E-state index contributed by atoms with van der Waals surface area (Å²) in [5.74, 6) is -0.378. The van der Waals surface area contributed by atoms with Crippen LogP contribution in [0.25, 0.3) is 0 Å². The monoisotopic (exact) mass is 307 g/mol. The molecule has 0 aliphatic heterocycles. The summed E-state index contributed by atoms with van der Waals surface area (Å²) in [5, 5.41) is 4.34. The lowest BCUT2D eigenvalue weighted by Crippen LogP contribution is -2.39. The van der Waals surface area contributed by atoms with E-state index in [0.29, 0.717) is 12.6 Å². The van der Waals surface area contributed by atoms with E-state index in [9.17, 15) is 4.79 Å². The highest BCUT2D eigenvalue weighted by Crippen LogP contribution is 2.27. The maximum Gasteiger partial charge on any atom is 0.314 e. The first-order valence-electron chi connectivity index (χ1n) is 7.63. The molecule has 3 nitrogen and oxygen atoms in total. The zero-order valence-electron chi connectivity index (χ0n) is 12.9. The number of methoxy groups -OCH3 is 1. The summed E-state index contributed by atoms with van der Waals surface area (Å²) in [5.41, 5.74) is 1.02. The molecule has 1 aliphatic rings. The van der Waals surface area contributed by atoms with Gasteiger partial charge in [-0.15, -0.1) is 0 Å². The molecule has 0 amide bonds. The molecule has 3 unspecified atom stereocenters. The van der Waals surface area contributed by atoms with Crippen LogP contribution >= 0.6 is 11.8 Å². The highest BCUT2D eigenvalue weighted by molar-refractivity contribution is 7.99. The van der Waals surface area contributed by atoms with Gasteiger partial charge in [-0.2, -0.15) is 11.8 Å². The van der Waals surface area contributed by atoms with Crippen molar-refractivity contribution in [1.82, 2.24) is 5.32 Å². The van der Waals surface area contributed by atoms with Crippen molar-refractivity contribution in [3.63, 3.8) is 0 Å². The highest BCUT2D eigenvalue weighted by Gasteiger charge is 2.25. The molecule has 4 heteroatoms. The third kappa shape index (κ3) is 4.75. The Morgan fingerprint density at radius 2 is 2.14 bits per heavy atom. The highest BCUT2D eigenvalue weighted by atomic mass is 32.2. The van der Waals surface area contributed by atoms with Gasteiger partial charge in [-0.3, -0.25) is 4.79 Å². The van der Waals surface area contributed by atoms with Crippen molar-refractivity contribution < 1.29 is 9.53 Å². The summed E-state index contributed by atoms with van der Waals surface area (Å²) in [6.45, 7) is 0.655. The predicted molar refractivity (Wildman–Crippen MR) is 88.8 cm³/mol. The van der Waals surface area contributed by atoms with Crippen molar-refractivity contribution >= 4 is 17.7 Å². The summed E-state index contributed by atoms with van der Waals surface area (Å²) in [6, 6.07) is 10.4. The molecule has 1 saturated carbocycles. The van der Waals surface area contributed by atoms with E-state index >= 15 is 0 Å². The molecule has 1 fully saturated rings. The summed E-state index contributed by atoms with van der Waals surface area (Å²) < 4.78 is 4.97. The van der Waals surface area contributed by atoms with Crippen molar-refractivity contribution in [2.24, 2.45) is 0 Å². The molecular formula is C17H25NO2S. The predicted octanol–water partition coefficient (Wildman–Crippen LogP) is 3.21. The maximum atomic E-state index is 12.0. The minimum Gasteiger partial charge on any atom is -0.469 e. The second kappa shape index (κ2) is 8.44. The van der Waals surface area contributed by atoms with Crippen LogP contribution in [0.4, 0.5) is 0 Å². The van der Waals surface area contributed by atoms with E-state index in [0.717, 1.165) is 10.8 Å². The van der Waals surface area contributed by atoms with Crippen LogP contribution in [-0.2, 0) is 9.53 Å². The van der Waals surface area contributed by atoms with Gasteiger partial charge in [0.15, 0.2) is 0 Å². The number of rotatable bonds is 6. The first-order chi connectivity index (χ1) is 10.2. The zero-order valence-corrected chi connectivity index (χ0v) is 13.7.